The Hall–Kier alpha value is -1.83. The number of carbonyl (C=O) groups is 1. The van der Waals surface area contributed by atoms with Crippen molar-refractivity contribution in [3.05, 3.63) is 61.7 Å². The van der Waals surface area contributed by atoms with Crippen molar-refractivity contribution in [2.45, 2.75) is 0 Å². The highest BCUT2D eigenvalue weighted by molar-refractivity contribution is 9.11. The summed E-state index contributed by atoms with van der Waals surface area (Å²) in [4.78, 5) is 12.2. The number of furan rings is 1. The minimum atomic E-state index is -0.449. The molecular formula is C17H11Br2ClN2O3. The van der Waals surface area contributed by atoms with Crippen molar-refractivity contribution in [3.8, 4) is 5.75 Å². The Labute approximate surface area is 165 Å². The van der Waals surface area contributed by atoms with Crippen molar-refractivity contribution in [2.75, 3.05) is 7.11 Å². The molecule has 0 aliphatic carbocycles. The molecule has 0 saturated heterocycles. The van der Waals surface area contributed by atoms with Gasteiger partial charge in [-0.15, -0.1) is 0 Å². The number of halogens is 3. The second-order valence-electron chi connectivity index (χ2n) is 5.01. The van der Waals surface area contributed by atoms with Crippen LogP contribution in [-0.4, -0.2) is 19.2 Å². The standard InChI is InChI=1S/C17H11Br2ClN2O3/c1-24-14-3-2-9(4-13(14)20)8-21-22-17(23)15-6-10-5-11(18)7-12(19)16(10)25-15/h2-8H,1H3,(H,22,23)/b21-8-. The van der Waals surface area contributed by atoms with Crippen LogP contribution in [0.3, 0.4) is 0 Å². The largest absolute Gasteiger partial charge is 0.495 e. The van der Waals surface area contributed by atoms with E-state index < -0.39 is 5.91 Å². The minimum absolute atomic E-state index is 0.165. The number of methoxy groups -OCH3 is 1. The smallest absolute Gasteiger partial charge is 0.307 e. The van der Waals surface area contributed by atoms with Crippen molar-refractivity contribution < 1.29 is 13.9 Å². The van der Waals surface area contributed by atoms with E-state index in [1.54, 1.807) is 31.4 Å². The first-order valence-corrected chi connectivity index (χ1v) is 9.00. The summed E-state index contributed by atoms with van der Waals surface area (Å²) < 4.78 is 12.3. The molecule has 25 heavy (non-hydrogen) atoms. The van der Waals surface area contributed by atoms with Crippen molar-refractivity contribution >= 4 is 66.6 Å². The summed E-state index contributed by atoms with van der Waals surface area (Å²) in [6.07, 6.45) is 1.48. The number of rotatable bonds is 4. The van der Waals surface area contributed by atoms with Crippen LogP contribution < -0.4 is 10.2 Å². The maximum Gasteiger partial charge on any atom is 0.307 e. The van der Waals surface area contributed by atoms with Gasteiger partial charge >= 0.3 is 5.91 Å². The van der Waals surface area contributed by atoms with E-state index in [-0.39, 0.29) is 5.76 Å². The molecule has 1 heterocycles. The van der Waals surface area contributed by atoms with Crippen LogP contribution in [0.4, 0.5) is 0 Å². The van der Waals surface area contributed by atoms with E-state index >= 15 is 0 Å². The fourth-order valence-electron chi connectivity index (χ4n) is 2.17. The SMILES string of the molecule is COc1ccc(/C=N\NC(=O)c2cc3cc(Br)cc(Br)c3o2)cc1Cl. The molecular weight excluding hydrogens is 475 g/mol. The van der Waals surface area contributed by atoms with Gasteiger partial charge in [0.05, 0.1) is 22.8 Å². The van der Waals surface area contributed by atoms with Crippen LogP contribution in [0, 0.1) is 0 Å². The molecule has 1 aromatic heterocycles. The van der Waals surface area contributed by atoms with Crippen molar-refractivity contribution in [1.82, 2.24) is 5.43 Å². The zero-order valence-corrected chi connectivity index (χ0v) is 16.8. The molecule has 0 spiro atoms. The van der Waals surface area contributed by atoms with Crippen molar-refractivity contribution in [2.24, 2.45) is 5.10 Å². The lowest BCUT2D eigenvalue weighted by molar-refractivity contribution is 0.0929. The summed E-state index contributed by atoms with van der Waals surface area (Å²) in [5.41, 5.74) is 3.75. The summed E-state index contributed by atoms with van der Waals surface area (Å²) >= 11 is 12.8. The highest BCUT2D eigenvalue weighted by atomic mass is 79.9. The summed E-state index contributed by atoms with van der Waals surface area (Å²) in [6.45, 7) is 0. The van der Waals surface area contributed by atoms with E-state index in [0.29, 0.717) is 16.4 Å². The van der Waals surface area contributed by atoms with Gasteiger partial charge in [-0.3, -0.25) is 4.79 Å². The number of benzene rings is 2. The second kappa shape index (κ2) is 7.59. The van der Waals surface area contributed by atoms with Gasteiger partial charge in [0.1, 0.15) is 11.3 Å². The molecule has 0 saturated carbocycles. The molecule has 0 bridgehead atoms. The Bertz CT molecular complexity index is 985. The predicted molar refractivity (Wildman–Crippen MR) is 105 cm³/mol. The average Bonchev–Trinajstić information content (AvgIpc) is 2.99. The van der Waals surface area contributed by atoms with E-state index in [0.717, 1.165) is 19.9 Å². The Morgan fingerprint density at radius 1 is 1.28 bits per heavy atom. The van der Waals surface area contributed by atoms with E-state index in [1.165, 1.54) is 6.21 Å². The van der Waals surface area contributed by atoms with Crippen LogP contribution >= 0.6 is 43.5 Å². The Morgan fingerprint density at radius 3 is 2.80 bits per heavy atom. The highest BCUT2D eigenvalue weighted by Gasteiger charge is 2.14. The quantitative estimate of drug-likeness (QED) is 0.398. The molecule has 8 heteroatoms. The van der Waals surface area contributed by atoms with Crippen molar-refractivity contribution in [3.63, 3.8) is 0 Å². The van der Waals surface area contributed by atoms with E-state index in [1.807, 2.05) is 12.1 Å². The van der Waals surface area contributed by atoms with Crippen LogP contribution in [0.25, 0.3) is 11.0 Å². The number of hydrogen-bond donors (Lipinski definition) is 1. The first-order chi connectivity index (χ1) is 12.0. The molecule has 0 atom stereocenters. The molecule has 0 aliphatic rings. The molecule has 0 fully saturated rings. The fourth-order valence-corrected chi connectivity index (χ4v) is 3.78. The van der Waals surface area contributed by atoms with Gasteiger partial charge in [0.2, 0.25) is 0 Å². The zero-order chi connectivity index (χ0) is 18.0. The summed E-state index contributed by atoms with van der Waals surface area (Å²) in [5, 5.41) is 5.19. The lowest BCUT2D eigenvalue weighted by Gasteiger charge is -2.02. The lowest BCUT2D eigenvalue weighted by Crippen LogP contribution is -2.16. The molecule has 3 rings (SSSR count). The van der Waals surface area contributed by atoms with Gasteiger partial charge in [0.15, 0.2) is 5.76 Å². The van der Waals surface area contributed by atoms with Gasteiger partial charge in [-0.1, -0.05) is 27.5 Å². The molecule has 0 unspecified atom stereocenters. The first kappa shape index (κ1) is 18.0. The molecule has 1 N–H and O–H groups in total. The van der Waals surface area contributed by atoms with Gasteiger partial charge in [-0.05, 0) is 57.9 Å². The van der Waals surface area contributed by atoms with E-state index in [4.69, 9.17) is 20.8 Å². The van der Waals surface area contributed by atoms with Gasteiger partial charge in [-0.2, -0.15) is 5.10 Å². The normalized spacial score (nSPS) is 11.2. The number of carbonyl (C=O) groups excluding carboxylic acids is 1. The van der Waals surface area contributed by atoms with Crippen LogP contribution in [0.2, 0.25) is 5.02 Å². The van der Waals surface area contributed by atoms with E-state index in [2.05, 4.69) is 42.4 Å². The maximum atomic E-state index is 12.2. The van der Waals surface area contributed by atoms with E-state index in [9.17, 15) is 4.79 Å². The van der Waals surface area contributed by atoms with Crippen LogP contribution in [0.5, 0.6) is 5.75 Å². The maximum absolute atomic E-state index is 12.2. The lowest BCUT2D eigenvalue weighted by atomic mass is 10.2. The number of hydrogen-bond acceptors (Lipinski definition) is 4. The first-order valence-electron chi connectivity index (χ1n) is 7.03. The van der Waals surface area contributed by atoms with Gasteiger partial charge in [0.25, 0.3) is 0 Å². The topological polar surface area (TPSA) is 63.8 Å². The van der Waals surface area contributed by atoms with Gasteiger partial charge in [-0.25, -0.2) is 5.43 Å². The molecule has 0 radical (unpaired) electrons. The Morgan fingerprint density at radius 2 is 2.08 bits per heavy atom. The van der Waals surface area contributed by atoms with Gasteiger partial charge < -0.3 is 9.15 Å². The number of hydrazone groups is 1. The Balaban J connectivity index is 1.74. The molecule has 2 aromatic carbocycles. The Kier molecular flexibility index (Phi) is 5.46. The third-order valence-electron chi connectivity index (χ3n) is 3.32. The zero-order valence-electron chi connectivity index (χ0n) is 12.8. The molecule has 0 aliphatic heterocycles. The van der Waals surface area contributed by atoms with Crippen LogP contribution in [-0.2, 0) is 0 Å². The van der Waals surface area contributed by atoms with Crippen molar-refractivity contribution in [1.29, 1.82) is 0 Å². The summed E-state index contributed by atoms with van der Waals surface area (Å²) in [7, 11) is 1.54. The summed E-state index contributed by atoms with van der Waals surface area (Å²) in [6, 6.07) is 10.5. The monoisotopic (exact) mass is 484 g/mol. The molecule has 128 valence electrons. The predicted octanol–water partition coefficient (Wildman–Crippen LogP) is 5.38. The minimum Gasteiger partial charge on any atom is -0.495 e. The number of nitrogens with one attached hydrogen (secondary N) is 1. The third kappa shape index (κ3) is 4.05. The number of ether oxygens (including phenoxy) is 1. The molecule has 3 aromatic rings. The second-order valence-corrected chi connectivity index (χ2v) is 7.19. The fraction of sp³-hybridized carbons (Fsp3) is 0.0588. The van der Waals surface area contributed by atoms with Crippen LogP contribution in [0.1, 0.15) is 16.1 Å². The molecule has 5 nitrogen and oxygen atoms in total. The number of amides is 1. The number of fused-ring (bicyclic) bond motifs is 1. The highest BCUT2D eigenvalue weighted by Crippen LogP contribution is 2.31. The molecule has 1 amide bonds. The number of nitrogens with zero attached hydrogens (tertiary/aromatic N) is 1. The van der Waals surface area contributed by atoms with Gasteiger partial charge in [0, 0.05) is 9.86 Å². The summed E-state index contributed by atoms with van der Waals surface area (Å²) in [5.74, 6) is 0.288. The average molecular weight is 487 g/mol. The third-order valence-corrected chi connectivity index (χ3v) is 4.66. The van der Waals surface area contributed by atoms with Crippen LogP contribution in [0.15, 0.2) is 54.9 Å².